The third-order valence-electron chi connectivity index (χ3n) is 5.02. The lowest BCUT2D eigenvalue weighted by Gasteiger charge is -2.35. The van der Waals surface area contributed by atoms with Gasteiger partial charge in [0.1, 0.15) is 0 Å². The summed E-state index contributed by atoms with van der Waals surface area (Å²) < 4.78 is 0. The highest BCUT2D eigenvalue weighted by molar-refractivity contribution is 5.32. The zero-order valence-corrected chi connectivity index (χ0v) is 13.7. The molecule has 0 aromatic heterocycles. The van der Waals surface area contributed by atoms with Gasteiger partial charge in [-0.3, -0.25) is 4.90 Å². The molecule has 0 unspecified atom stereocenters. The first kappa shape index (κ1) is 15.1. The molecular weight excluding hydrogens is 256 g/mol. The van der Waals surface area contributed by atoms with Crippen molar-refractivity contribution in [3.05, 3.63) is 35.4 Å². The average molecular weight is 286 g/mol. The van der Waals surface area contributed by atoms with Gasteiger partial charge in [0.2, 0.25) is 0 Å². The maximum atomic E-state index is 2.76. The average Bonchev–Trinajstić information content (AvgIpc) is 2.71. The van der Waals surface area contributed by atoms with Crippen LogP contribution in [0.25, 0.3) is 0 Å². The normalized spacial score (nSPS) is 24.8. The number of rotatable bonds is 3. The molecule has 21 heavy (non-hydrogen) atoms. The SMILES string of the molecule is CC(C)CN1CCCN([C@H]2CCCc3ccccc32)CC1. The van der Waals surface area contributed by atoms with E-state index in [1.54, 1.807) is 11.1 Å². The summed E-state index contributed by atoms with van der Waals surface area (Å²) in [6, 6.07) is 9.81. The van der Waals surface area contributed by atoms with Gasteiger partial charge in [0.15, 0.2) is 0 Å². The quantitative estimate of drug-likeness (QED) is 0.835. The number of nitrogens with zero attached hydrogens (tertiary/aromatic N) is 2. The Bertz CT molecular complexity index is 455. The Balaban J connectivity index is 1.68. The smallest absolute Gasteiger partial charge is 0.0351 e. The third-order valence-corrected chi connectivity index (χ3v) is 5.02. The molecule has 2 aliphatic rings. The van der Waals surface area contributed by atoms with E-state index in [1.807, 2.05) is 0 Å². The van der Waals surface area contributed by atoms with Crippen LogP contribution in [0.15, 0.2) is 24.3 Å². The van der Waals surface area contributed by atoms with E-state index in [0.717, 1.165) is 5.92 Å². The van der Waals surface area contributed by atoms with Crippen molar-refractivity contribution < 1.29 is 0 Å². The Labute approximate surface area is 130 Å². The Morgan fingerprint density at radius 1 is 1.05 bits per heavy atom. The largest absolute Gasteiger partial charge is 0.302 e. The minimum Gasteiger partial charge on any atom is -0.302 e. The number of hydrogen-bond donors (Lipinski definition) is 0. The van der Waals surface area contributed by atoms with Crippen LogP contribution in [0.5, 0.6) is 0 Å². The molecule has 2 heteroatoms. The van der Waals surface area contributed by atoms with E-state index in [0.29, 0.717) is 6.04 Å². The molecule has 2 nitrogen and oxygen atoms in total. The van der Waals surface area contributed by atoms with Crippen molar-refractivity contribution in [2.75, 3.05) is 32.7 Å². The van der Waals surface area contributed by atoms with Gasteiger partial charge in [-0.25, -0.2) is 0 Å². The van der Waals surface area contributed by atoms with Crippen LogP contribution < -0.4 is 0 Å². The second-order valence-corrected chi connectivity index (χ2v) is 7.19. The first-order chi connectivity index (χ1) is 10.2. The molecule has 116 valence electrons. The van der Waals surface area contributed by atoms with Crippen molar-refractivity contribution in [3.8, 4) is 0 Å². The predicted octanol–water partition coefficient (Wildman–Crippen LogP) is 3.73. The summed E-state index contributed by atoms with van der Waals surface area (Å²) >= 11 is 0. The molecule has 1 atom stereocenters. The second-order valence-electron chi connectivity index (χ2n) is 7.19. The van der Waals surface area contributed by atoms with Gasteiger partial charge >= 0.3 is 0 Å². The number of hydrogen-bond acceptors (Lipinski definition) is 2. The molecule has 1 heterocycles. The van der Waals surface area contributed by atoms with E-state index in [9.17, 15) is 0 Å². The van der Waals surface area contributed by atoms with E-state index < -0.39 is 0 Å². The lowest BCUT2D eigenvalue weighted by Crippen LogP contribution is -2.36. The fraction of sp³-hybridized carbons (Fsp3) is 0.684. The lowest BCUT2D eigenvalue weighted by molar-refractivity contribution is 0.178. The van der Waals surface area contributed by atoms with Crippen LogP contribution in [-0.4, -0.2) is 42.5 Å². The molecular formula is C19H30N2. The Hall–Kier alpha value is -0.860. The van der Waals surface area contributed by atoms with E-state index in [-0.39, 0.29) is 0 Å². The molecule has 1 saturated heterocycles. The van der Waals surface area contributed by atoms with Crippen LogP contribution in [0.2, 0.25) is 0 Å². The zero-order valence-electron chi connectivity index (χ0n) is 13.7. The number of fused-ring (bicyclic) bond motifs is 1. The summed E-state index contributed by atoms with van der Waals surface area (Å²) in [4.78, 5) is 5.43. The van der Waals surface area contributed by atoms with Crippen molar-refractivity contribution >= 4 is 0 Å². The fourth-order valence-electron chi connectivity index (χ4n) is 4.11. The highest BCUT2D eigenvalue weighted by Crippen LogP contribution is 2.34. The fourth-order valence-corrected chi connectivity index (χ4v) is 4.11. The topological polar surface area (TPSA) is 6.48 Å². The van der Waals surface area contributed by atoms with Gasteiger partial charge < -0.3 is 4.90 Å². The van der Waals surface area contributed by atoms with Crippen molar-refractivity contribution in [3.63, 3.8) is 0 Å². The second kappa shape index (κ2) is 6.93. The van der Waals surface area contributed by atoms with Gasteiger partial charge in [0.25, 0.3) is 0 Å². The Morgan fingerprint density at radius 3 is 2.76 bits per heavy atom. The summed E-state index contributed by atoms with van der Waals surface area (Å²) in [7, 11) is 0. The van der Waals surface area contributed by atoms with Crippen LogP contribution in [0.1, 0.15) is 50.3 Å². The molecule has 0 bridgehead atoms. The van der Waals surface area contributed by atoms with Crippen LogP contribution in [0, 0.1) is 5.92 Å². The summed E-state index contributed by atoms with van der Waals surface area (Å²) in [5.41, 5.74) is 3.21. The van der Waals surface area contributed by atoms with Crippen molar-refractivity contribution in [2.24, 2.45) is 5.92 Å². The standard InChI is InChI=1S/C19H30N2/c1-16(2)15-20-11-6-12-21(14-13-20)19-10-5-8-17-7-3-4-9-18(17)19/h3-4,7,9,16,19H,5-6,8,10-15H2,1-2H3/t19-/m0/s1. The summed E-state index contributed by atoms with van der Waals surface area (Å²) in [5.74, 6) is 0.784. The van der Waals surface area contributed by atoms with E-state index in [4.69, 9.17) is 0 Å². The van der Waals surface area contributed by atoms with E-state index >= 15 is 0 Å². The Morgan fingerprint density at radius 2 is 1.90 bits per heavy atom. The first-order valence-corrected chi connectivity index (χ1v) is 8.78. The summed E-state index contributed by atoms with van der Waals surface area (Å²) in [6.45, 7) is 11.0. The molecule has 1 aliphatic heterocycles. The molecule has 1 aromatic rings. The first-order valence-electron chi connectivity index (χ1n) is 8.78. The summed E-state index contributed by atoms with van der Waals surface area (Å²) in [5, 5.41) is 0. The molecule has 3 rings (SSSR count). The van der Waals surface area contributed by atoms with Gasteiger partial charge in [0.05, 0.1) is 0 Å². The molecule has 0 saturated carbocycles. The van der Waals surface area contributed by atoms with Crippen LogP contribution in [0.3, 0.4) is 0 Å². The zero-order chi connectivity index (χ0) is 14.7. The Kier molecular flexibility index (Phi) is 4.97. The minimum atomic E-state index is 0.675. The monoisotopic (exact) mass is 286 g/mol. The molecule has 1 fully saturated rings. The van der Waals surface area contributed by atoms with Crippen molar-refractivity contribution in [1.82, 2.24) is 9.80 Å². The van der Waals surface area contributed by atoms with Crippen LogP contribution in [-0.2, 0) is 6.42 Å². The third kappa shape index (κ3) is 3.67. The molecule has 0 amide bonds. The van der Waals surface area contributed by atoms with Gasteiger partial charge in [-0.15, -0.1) is 0 Å². The van der Waals surface area contributed by atoms with Gasteiger partial charge in [0, 0.05) is 32.2 Å². The van der Waals surface area contributed by atoms with E-state index in [2.05, 4.69) is 47.9 Å². The lowest BCUT2D eigenvalue weighted by atomic mass is 9.87. The molecule has 0 radical (unpaired) electrons. The molecule has 0 spiro atoms. The highest BCUT2D eigenvalue weighted by atomic mass is 15.2. The van der Waals surface area contributed by atoms with E-state index in [1.165, 1.54) is 58.4 Å². The van der Waals surface area contributed by atoms with Gasteiger partial charge in [-0.2, -0.15) is 0 Å². The molecule has 0 N–H and O–H groups in total. The van der Waals surface area contributed by atoms with Gasteiger partial charge in [-0.1, -0.05) is 38.1 Å². The van der Waals surface area contributed by atoms with Crippen LogP contribution >= 0.6 is 0 Å². The highest BCUT2D eigenvalue weighted by Gasteiger charge is 2.27. The maximum Gasteiger partial charge on any atom is 0.0351 e. The maximum absolute atomic E-state index is 2.76. The van der Waals surface area contributed by atoms with Gasteiger partial charge in [-0.05, 0) is 49.3 Å². The predicted molar refractivity (Wildman–Crippen MR) is 89.6 cm³/mol. The van der Waals surface area contributed by atoms with Crippen molar-refractivity contribution in [1.29, 1.82) is 0 Å². The number of aryl methyl sites for hydroxylation is 1. The summed E-state index contributed by atoms with van der Waals surface area (Å²) in [6.07, 6.45) is 5.31. The van der Waals surface area contributed by atoms with Crippen molar-refractivity contribution in [2.45, 2.75) is 45.6 Å². The number of benzene rings is 1. The molecule has 1 aliphatic carbocycles. The van der Waals surface area contributed by atoms with Crippen LogP contribution in [0.4, 0.5) is 0 Å². The molecule has 1 aromatic carbocycles. The minimum absolute atomic E-state index is 0.675.